The van der Waals surface area contributed by atoms with Crippen LogP contribution >= 0.6 is 0 Å². The van der Waals surface area contributed by atoms with Crippen LogP contribution in [0.5, 0.6) is 5.75 Å². The smallest absolute Gasteiger partial charge is 0.195 e. The molecule has 7 heteroatoms. The second-order valence-corrected chi connectivity index (χ2v) is 7.48. The lowest BCUT2D eigenvalue weighted by atomic mass is 10.1. The van der Waals surface area contributed by atoms with E-state index in [0.29, 0.717) is 0 Å². The topological polar surface area (TPSA) is 9.23 Å². The third-order valence-corrected chi connectivity index (χ3v) is 5.00. The number of halogens is 6. The van der Waals surface area contributed by atoms with Crippen LogP contribution in [0.4, 0.5) is 26.3 Å². The molecule has 0 fully saturated rings. The highest BCUT2D eigenvalue weighted by atomic mass is 19.2. The fourth-order valence-corrected chi connectivity index (χ4v) is 3.26. The van der Waals surface area contributed by atoms with Gasteiger partial charge in [0.1, 0.15) is 29.8 Å². The summed E-state index contributed by atoms with van der Waals surface area (Å²) < 4.78 is 89.2. The van der Waals surface area contributed by atoms with Gasteiger partial charge in [0, 0.05) is 22.6 Å². The Kier molecular flexibility index (Phi) is 7.03. The Morgan fingerprint density at radius 3 is 2.08 bits per heavy atom. The highest BCUT2D eigenvalue weighted by Gasteiger charge is 2.13. The number of hydrogen-bond acceptors (Lipinski definition) is 1. The maximum absolute atomic E-state index is 14.5. The van der Waals surface area contributed by atoms with E-state index < -0.39 is 40.5 Å². The van der Waals surface area contributed by atoms with Crippen LogP contribution in [0.3, 0.4) is 0 Å². The number of hydrogen-bond donors (Lipinski definition) is 0. The monoisotopic (exact) mass is 492 g/mol. The molecule has 0 amide bonds. The summed E-state index contributed by atoms with van der Waals surface area (Å²) >= 11 is 0. The summed E-state index contributed by atoms with van der Waals surface area (Å²) in [7, 11) is 0. The number of rotatable bonds is 3. The van der Waals surface area contributed by atoms with Gasteiger partial charge in [0.25, 0.3) is 0 Å². The highest BCUT2D eigenvalue weighted by Crippen LogP contribution is 2.24. The van der Waals surface area contributed by atoms with Gasteiger partial charge in [-0.2, -0.15) is 0 Å². The molecule has 4 aromatic rings. The van der Waals surface area contributed by atoms with Crippen LogP contribution in [-0.4, -0.2) is 6.61 Å². The molecule has 0 N–H and O–H groups in total. The molecule has 4 aromatic carbocycles. The van der Waals surface area contributed by atoms with Gasteiger partial charge in [-0.3, -0.25) is 0 Å². The Bertz CT molecular complexity index is 1610. The van der Waals surface area contributed by atoms with E-state index in [1.165, 1.54) is 36.4 Å². The second-order valence-electron chi connectivity index (χ2n) is 7.48. The fraction of sp³-hybridized carbons (Fsp3) is 0.0345. The summed E-state index contributed by atoms with van der Waals surface area (Å²) in [6.45, 7) is 3.70. The molecular weight excluding hydrogens is 478 g/mol. The zero-order valence-corrected chi connectivity index (χ0v) is 18.4. The summed E-state index contributed by atoms with van der Waals surface area (Å²) in [5.74, 6) is 3.22. The first kappa shape index (κ1) is 24.5. The standard InChI is InChI=1S/C29H14F6O/c1-2-11-36-21-8-7-19(24(30)16-21)6-3-18-13-25(31)23(26(32)14-18)10-5-17-4-9-22-20(12-17)15-27(33)29(35)28(22)34/h2,4,7-9,12-16H,1,11H2. The van der Waals surface area contributed by atoms with Crippen LogP contribution in [0.15, 0.2) is 67.3 Å². The number of fused-ring (bicyclic) bond motifs is 1. The third-order valence-electron chi connectivity index (χ3n) is 5.00. The van der Waals surface area contributed by atoms with E-state index >= 15 is 0 Å². The largest absolute Gasteiger partial charge is 0.489 e. The molecule has 0 bridgehead atoms. The average molecular weight is 492 g/mol. The van der Waals surface area contributed by atoms with Gasteiger partial charge in [0.05, 0.1) is 11.1 Å². The van der Waals surface area contributed by atoms with Crippen LogP contribution in [0.2, 0.25) is 0 Å². The van der Waals surface area contributed by atoms with Crippen molar-refractivity contribution in [2.24, 2.45) is 0 Å². The lowest BCUT2D eigenvalue weighted by Crippen LogP contribution is -1.95. The Hall–Kier alpha value is -4.62. The minimum atomic E-state index is -1.59. The highest BCUT2D eigenvalue weighted by molar-refractivity contribution is 5.84. The minimum Gasteiger partial charge on any atom is -0.489 e. The number of ether oxygens (including phenoxy) is 1. The summed E-state index contributed by atoms with van der Waals surface area (Å²) in [6, 6.07) is 10.5. The quantitative estimate of drug-likeness (QED) is 0.129. The zero-order chi connectivity index (χ0) is 25.8. The van der Waals surface area contributed by atoms with Gasteiger partial charge >= 0.3 is 0 Å². The maximum atomic E-state index is 14.5. The lowest BCUT2D eigenvalue weighted by molar-refractivity contribution is 0.361. The predicted molar refractivity (Wildman–Crippen MR) is 124 cm³/mol. The Balaban J connectivity index is 1.60. The van der Waals surface area contributed by atoms with E-state index in [4.69, 9.17) is 4.74 Å². The van der Waals surface area contributed by atoms with Crippen molar-refractivity contribution in [3.8, 4) is 29.4 Å². The molecule has 0 atom stereocenters. The molecule has 1 nitrogen and oxygen atoms in total. The van der Waals surface area contributed by atoms with E-state index in [2.05, 4.69) is 30.3 Å². The van der Waals surface area contributed by atoms with Crippen LogP contribution in [0, 0.1) is 58.6 Å². The van der Waals surface area contributed by atoms with Crippen molar-refractivity contribution in [3.05, 3.63) is 124 Å². The molecule has 0 unspecified atom stereocenters. The first-order valence-corrected chi connectivity index (χ1v) is 10.4. The van der Waals surface area contributed by atoms with E-state index in [1.807, 2.05) is 0 Å². The Morgan fingerprint density at radius 2 is 1.39 bits per heavy atom. The minimum absolute atomic E-state index is 0.00898. The average Bonchev–Trinajstić information content (AvgIpc) is 2.85. The molecule has 0 saturated carbocycles. The molecule has 0 spiro atoms. The van der Waals surface area contributed by atoms with Crippen molar-refractivity contribution >= 4 is 10.8 Å². The first-order valence-electron chi connectivity index (χ1n) is 10.4. The van der Waals surface area contributed by atoms with Gasteiger partial charge < -0.3 is 4.74 Å². The van der Waals surface area contributed by atoms with Crippen molar-refractivity contribution in [2.75, 3.05) is 6.61 Å². The van der Waals surface area contributed by atoms with Crippen molar-refractivity contribution < 1.29 is 31.1 Å². The van der Waals surface area contributed by atoms with E-state index in [-0.39, 0.29) is 39.8 Å². The summed E-state index contributed by atoms with van der Waals surface area (Å²) in [5, 5.41) is -0.118. The van der Waals surface area contributed by atoms with Gasteiger partial charge in [0.2, 0.25) is 0 Å². The Morgan fingerprint density at radius 1 is 0.667 bits per heavy atom. The molecular formula is C29H14F6O. The zero-order valence-electron chi connectivity index (χ0n) is 18.4. The molecule has 36 heavy (non-hydrogen) atoms. The van der Waals surface area contributed by atoms with E-state index in [9.17, 15) is 26.3 Å². The molecule has 0 saturated heterocycles. The van der Waals surface area contributed by atoms with Crippen LogP contribution in [-0.2, 0) is 0 Å². The summed E-state index contributed by atoms with van der Waals surface area (Å²) in [4.78, 5) is 0. The van der Waals surface area contributed by atoms with Gasteiger partial charge in [-0.05, 0) is 47.9 Å². The lowest BCUT2D eigenvalue weighted by Gasteiger charge is -2.03. The van der Waals surface area contributed by atoms with E-state index in [1.54, 1.807) is 0 Å². The molecule has 0 aliphatic heterocycles. The molecule has 0 aromatic heterocycles. The summed E-state index contributed by atoms with van der Waals surface area (Å²) in [5.41, 5.74) is -0.381. The SMILES string of the molecule is C=CCOc1ccc(C#Cc2cc(F)c(C#Cc3ccc4c(F)c(F)c(F)cc4c3)c(F)c2)c(F)c1. The molecule has 0 aliphatic carbocycles. The van der Waals surface area contributed by atoms with Crippen LogP contribution in [0.25, 0.3) is 10.8 Å². The van der Waals surface area contributed by atoms with Crippen LogP contribution < -0.4 is 4.74 Å². The maximum Gasteiger partial charge on any atom is 0.195 e. The first-order chi connectivity index (χ1) is 17.3. The number of benzene rings is 4. The van der Waals surface area contributed by atoms with Crippen LogP contribution in [0.1, 0.15) is 22.3 Å². The van der Waals surface area contributed by atoms with Gasteiger partial charge in [-0.15, -0.1) is 0 Å². The molecule has 0 aliphatic rings. The van der Waals surface area contributed by atoms with E-state index in [0.717, 1.165) is 24.3 Å². The van der Waals surface area contributed by atoms with Gasteiger partial charge in [-0.25, -0.2) is 26.3 Å². The Labute approximate surface area is 202 Å². The normalized spacial score (nSPS) is 10.3. The molecule has 178 valence electrons. The summed E-state index contributed by atoms with van der Waals surface area (Å²) in [6.07, 6.45) is 1.51. The van der Waals surface area contributed by atoms with Crippen molar-refractivity contribution in [2.45, 2.75) is 0 Å². The van der Waals surface area contributed by atoms with Crippen molar-refractivity contribution in [3.63, 3.8) is 0 Å². The van der Waals surface area contributed by atoms with Gasteiger partial charge in [-0.1, -0.05) is 42.4 Å². The van der Waals surface area contributed by atoms with Crippen molar-refractivity contribution in [1.82, 2.24) is 0 Å². The second kappa shape index (κ2) is 10.3. The molecule has 4 rings (SSSR count). The molecule has 0 heterocycles. The van der Waals surface area contributed by atoms with Gasteiger partial charge in [0.15, 0.2) is 17.5 Å². The fourth-order valence-electron chi connectivity index (χ4n) is 3.26. The predicted octanol–water partition coefficient (Wildman–Crippen LogP) is 7.04. The van der Waals surface area contributed by atoms with Crippen molar-refractivity contribution in [1.29, 1.82) is 0 Å². The third kappa shape index (κ3) is 5.21. The molecule has 0 radical (unpaired) electrons.